The van der Waals surface area contributed by atoms with E-state index in [1.54, 1.807) is 29.3 Å². The van der Waals surface area contributed by atoms with Crippen LogP contribution in [0.3, 0.4) is 0 Å². The Morgan fingerprint density at radius 2 is 2.00 bits per heavy atom. The number of aromatic nitrogens is 2. The molecule has 1 atom stereocenters. The zero-order chi connectivity index (χ0) is 22.0. The number of hydrogen-bond donors (Lipinski definition) is 3. The first kappa shape index (κ1) is 21.5. The number of rotatable bonds is 5. The lowest BCUT2D eigenvalue weighted by Gasteiger charge is -2.43. The van der Waals surface area contributed by atoms with E-state index in [0.29, 0.717) is 23.9 Å². The summed E-state index contributed by atoms with van der Waals surface area (Å²) in [6, 6.07) is 12.5. The summed E-state index contributed by atoms with van der Waals surface area (Å²) in [7, 11) is 0. The number of amides is 2. The second kappa shape index (κ2) is 8.77. The molecule has 0 unspecified atom stereocenters. The number of carbonyl (C=O) groups excluding carboxylic acids is 1. The molecule has 3 aromatic rings. The molecule has 1 fully saturated rings. The monoisotopic (exact) mass is 442 g/mol. The van der Waals surface area contributed by atoms with Crippen LogP contribution in [0.4, 0.5) is 4.79 Å². The Morgan fingerprint density at radius 1 is 1.29 bits per heavy atom. The third kappa shape index (κ3) is 4.48. The number of urea groups is 1. The maximum Gasteiger partial charge on any atom is 0.350 e. The highest BCUT2D eigenvalue weighted by atomic mass is 35.5. The number of carbonyl (C=O) groups is 1. The van der Waals surface area contributed by atoms with E-state index in [1.165, 1.54) is 0 Å². The number of hydroxylamine groups is 1. The number of nitrogens with one attached hydrogen (secondary N) is 2. The van der Waals surface area contributed by atoms with Crippen LogP contribution in [0.2, 0.25) is 5.02 Å². The summed E-state index contributed by atoms with van der Waals surface area (Å²) in [5, 5.41) is 19.8. The lowest BCUT2D eigenvalue weighted by molar-refractivity contribution is -0.0154. The Morgan fingerprint density at radius 3 is 2.71 bits per heavy atom. The molecule has 1 saturated heterocycles. The van der Waals surface area contributed by atoms with E-state index in [9.17, 15) is 9.90 Å². The van der Waals surface area contributed by atoms with Gasteiger partial charge in [0, 0.05) is 29.1 Å². The fraction of sp³-hybridized carbons (Fsp3) is 0.391. The number of likely N-dealkylation sites (tertiary alicyclic amines) is 1. The van der Waals surface area contributed by atoms with Gasteiger partial charge in [-0.1, -0.05) is 43.6 Å². The van der Waals surface area contributed by atoms with Gasteiger partial charge < -0.3 is 14.8 Å². The second-order valence-corrected chi connectivity index (χ2v) is 9.07. The van der Waals surface area contributed by atoms with Crippen LogP contribution >= 0.6 is 11.6 Å². The van der Waals surface area contributed by atoms with Crippen molar-refractivity contribution in [1.29, 1.82) is 0 Å². The summed E-state index contributed by atoms with van der Waals surface area (Å²) in [4.78, 5) is 19.5. The Bertz CT molecular complexity index is 1050. The van der Waals surface area contributed by atoms with Crippen molar-refractivity contribution in [2.75, 3.05) is 13.1 Å². The fourth-order valence-electron chi connectivity index (χ4n) is 4.37. The van der Waals surface area contributed by atoms with Gasteiger partial charge in [-0.05, 0) is 48.4 Å². The summed E-state index contributed by atoms with van der Waals surface area (Å²) in [6.45, 7) is 5.33. The van der Waals surface area contributed by atoms with Crippen molar-refractivity contribution in [2.45, 2.75) is 32.8 Å². The number of aliphatic hydroxyl groups is 1. The van der Waals surface area contributed by atoms with E-state index >= 15 is 0 Å². The average Bonchev–Trinajstić information content (AvgIpc) is 3.25. The zero-order valence-electron chi connectivity index (χ0n) is 17.6. The first-order valence-corrected chi connectivity index (χ1v) is 10.8. The molecule has 164 valence electrons. The summed E-state index contributed by atoms with van der Waals surface area (Å²) in [6.07, 6.45) is 2.56. The van der Waals surface area contributed by atoms with Crippen LogP contribution < -0.4 is 10.3 Å². The summed E-state index contributed by atoms with van der Waals surface area (Å²) in [5.74, 6) is 0.820. The topological polar surface area (TPSA) is 90.5 Å². The van der Waals surface area contributed by atoms with Crippen LogP contribution in [0.1, 0.15) is 38.4 Å². The molecule has 0 spiro atoms. The van der Waals surface area contributed by atoms with Gasteiger partial charge in [-0.25, -0.2) is 4.79 Å². The van der Waals surface area contributed by atoms with Gasteiger partial charge >= 0.3 is 6.03 Å². The van der Waals surface area contributed by atoms with Crippen molar-refractivity contribution >= 4 is 28.5 Å². The second-order valence-electron chi connectivity index (χ2n) is 8.64. The van der Waals surface area contributed by atoms with Gasteiger partial charge in [-0.15, -0.1) is 0 Å². The third-order valence-electron chi connectivity index (χ3n) is 6.38. The number of fused-ring (bicyclic) bond motifs is 1. The number of benzene rings is 2. The van der Waals surface area contributed by atoms with Crippen LogP contribution in [-0.4, -0.2) is 39.3 Å². The third-order valence-corrected chi connectivity index (χ3v) is 6.60. The predicted molar refractivity (Wildman–Crippen MR) is 120 cm³/mol. The van der Waals surface area contributed by atoms with E-state index in [0.717, 1.165) is 29.3 Å². The number of halogens is 1. The number of aromatic amines is 1. The summed E-state index contributed by atoms with van der Waals surface area (Å²) >= 11 is 6.27. The van der Waals surface area contributed by atoms with Crippen LogP contribution in [-0.2, 0) is 0 Å². The van der Waals surface area contributed by atoms with Crippen molar-refractivity contribution in [3.05, 3.63) is 59.2 Å². The van der Waals surface area contributed by atoms with E-state index in [2.05, 4.69) is 29.5 Å². The molecular weight excluding hydrogens is 416 g/mol. The number of nitrogens with zero attached hydrogens (tertiary/aromatic N) is 2. The predicted octanol–water partition coefficient (Wildman–Crippen LogP) is 4.69. The molecule has 2 aromatic carbocycles. The molecule has 3 N–H and O–H groups in total. The highest BCUT2D eigenvalue weighted by molar-refractivity contribution is 6.31. The SMILES string of the molecule is CC(C)(C1CCN(C(=O)NOc2ccccc2)CC1)[C@H](O)c1cc(Cl)cc2cn[nH]c12. The van der Waals surface area contributed by atoms with Gasteiger partial charge in [0.25, 0.3) is 0 Å². The lowest BCUT2D eigenvalue weighted by atomic mass is 9.68. The molecule has 7 nitrogen and oxygen atoms in total. The number of para-hydroxylation sites is 1. The number of hydrogen-bond acceptors (Lipinski definition) is 4. The van der Waals surface area contributed by atoms with Crippen LogP contribution in [0.15, 0.2) is 48.7 Å². The van der Waals surface area contributed by atoms with Gasteiger partial charge in [0.2, 0.25) is 0 Å². The van der Waals surface area contributed by atoms with Gasteiger partial charge in [-0.3, -0.25) is 5.10 Å². The van der Waals surface area contributed by atoms with E-state index in [4.69, 9.17) is 16.4 Å². The highest BCUT2D eigenvalue weighted by Gasteiger charge is 2.40. The molecular formula is C23H27ClN4O3. The molecule has 0 saturated carbocycles. The summed E-state index contributed by atoms with van der Waals surface area (Å²) < 4.78 is 0. The molecule has 1 aliphatic rings. The minimum Gasteiger partial charge on any atom is -0.388 e. The molecule has 0 aliphatic carbocycles. The molecule has 31 heavy (non-hydrogen) atoms. The van der Waals surface area contributed by atoms with Crippen molar-refractivity contribution < 1.29 is 14.7 Å². The Kier molecular flexibility index (Phi) is 6.07. The van der Waals surface area contributed by atoms with E-state index in [-0.39, 0.29) is 11.9 Å². The normalized spacial score (nSPS) is 16.3. The minimum atomic E-state index is -0.721. The molecule has 1 aromatic heterocycles. The minimum absolute atomic E-state index is 0.235. The highest BCUT2D eigenvalue weighted by Crippen LogP contribution is 2.46. The first-order valence-electron chi connectivity index (χ1n) is 10.4. The lowest BCUT2D eigenvalue weighted by Crippen LogP contribution is -2.48. The maximum atomic E-state index is 12.5. The molecule has 0 bridgehead atoms. The van der Waals surface area contributed by atoms with E-state index in [1.807, 2.05) is 24.3 Å². The van der Waals surface area contributed by atoms with Crippen LogP contribution in [0.25, 0.3) is 10.9 Å². The smallest absolute Gasteiger partial charge is 0.350 e. The van der Waals surface area contributed by atoms with Crippen LogP contribution in [0.5, 0.6) is 5.75 Å². The van der Waals surface area contributed by atoms with Crippen molar-refractivity contribution in [2.24, 2.45) is 11.3 Å². The standard InChI is InChI=1S/C23H27ClN4O3/c1-23(2,21(29)19-13-17(24)12-15-14-25-26-20(15)19)16-8-10-28(11-9-16)22(30)27-31-18-6-4-3-5-7-18/h3-7,12-14,16,21,29H,8-11H2,1-2H3,(H,25,26)(H,27,30)/t21-/m1/s1. The van der Waals surface area contributed by atoms with Crippen molar-refractivity contribution in [3.63, 3.8) is 0 Å². The number of H-pyrrole nitrogens is 1. The van der Waals surface area contributed by atoms with Crippen LogP contribution in [0, 0.1) is 11.3 Å². The van der Waals surface area contributed by atoms with Gasteiger partial charge in [0.15, 0.2) is 5.75 Å². The van der Waals surface area contributed by atoms with Gasteiger partial charge in [-0.2, -0.15) is 10.6 Å². The Hall–Kier alpha value is -2.77. The van der Waals surface area contributed by atoms with Gasteiger partial charge in [0.05, 0.1) is 17.8 Å². The number of piperidine rings is 1. The molecule has 4 rings (SSSR count). The molecule has 1 aliphatic heterocycles. The fourth-order valence-corrected chi connectivity index (χ4v) is 4.60. The molecule has 0 radical (unpaired) electrons. The van der Waals surface area contributed by atoms with Gasteiger partial charge in [0.1, 0.15) is 0 Å². The molecule has 2 heterocycles. The largest absolute Gasteiger partial charge is 0.388 e. The van der Waals surface area contributed by atoms with Crippen molar-refractivity contribution in [3.8, 4) is 5.75 Å². The first-order chi connectivity index (χ1) is 14.9. The average molecular weight is 443 g/mol. The molecule has 2 amide bonds. The zero-order valence-corrected chi connectivity index (χ0v) is 18.4. The number of aliphatic hydroxyl groups excluding tert-OH is 1. The Labute approximate surface area is 186 Å². The maximum absolute atomic E-state index is 12.5. The molecule has 8 heteroatoms. The van der Waals surface area contributed by atoms with Crippen molar-refractivity contribution in [1.82, 2.24) is 20.6 Å². The summed E-state index contributed by atoms with van der Waals surface area (Å²) in [5.41, 5.74) is 3.65. The quantitative estimate of drug-likeness (QED) is 0.500. The van der Waals surface area contributed by atoms with E-state index < -0.39 is 11.5 Å². The Balaban J connectivity index is 1.39.